The van der Waals surface area contributed by atoms with Crippen molar-refractivity contribution in [2.24, 2.45) is 5.92 Å². The number of carbonyl (C=O) groups excluding carboxylic acids is 2. The highest BCUT2D eigenvalue weighted by Crippen LogP contribution is 2.22. The summed E-state index contributed by atoms with van der Waals surface area (Å²) in [5, 5.41) is 5.65. The summed E-state index contributed by atoms with van der Waals surface area (Å²) in [6.07, 6.45) is 8.24. The van der Waals surface area contributed by atoms with Crippen molar-refractivity contribution in [2.75, 3.05) is 5.32 Å². The Morgan fingerprint density at radius 1 is 1.17 bits per heavy atom. The zero-order valence-electron chi connectivity index (χ0n) is 13.3. The second-order valence-electron chi connectivity index (χ2n) is 5.83. The van der Waals surface area contributed by atoms with E-state index >= 15 is 0 Å². The second-order valence-corrected chi connectivity index (χ2v) is 5.83. The Kier molecular flexibility index (Phi) is 5.11. The van der Waals surface area contributed by atoms with Gasteiger partial charge in [0, 0.05) is 6.42 Å². The number of rotatable bonds is 6. The molecule has 1 aromatic heterocycles. The molecule has 2 aromatic rings. The lowest BCUT2D eigenvalue weighted by molar-refractivity contribution is -0.116. The van der Waals surface area contributed by atoms with Gasteiger partial charge in [0.05, 0.1) is 24.1 Å². The quantitative estimate of drug-likeness (QED) is 0.799. The van der Waals surface area contributed by atoms with E-state index in [9.17, 15) is 9.59 Å². The number of carbonyl (C=O) groups is 2. The number of benzene rings is 1. The highest BCUT2D eigenvalue weighted by atomic mass is 16.3. The van der Waals surface area contributed by atoms with Gasteiger partial charge in [-0.3, -0.25) is 9.59 Å². The largest absolute Gasteiger partial charge is 0.467 e. The van der Waals surface area contributed by atoms with Gasteiger partial charge >= 0.3 is 0 Å². The molecule has 1 aromatic carbocycles. The Morgan fingerprint density at radius 3 is 2.79 bits per heavy atom. The molecule has 0 aliphatic heterocycles. The summed E-state index contributed by atoms with van der Waals surface area (Å²) >= 11 is 0. The first-order valence-corrected chi connectivity index (χ1v) is 8.08. The Morgan fingerprint density at radius 2 is 2.04 bits per heavy atom. The van der Waals surface area contributed by atoms with E-state index in [-0.39, 0.29) is 11.8 Å². The zero-order valence-corrected chi connectivity index (χ0v) is 13.3. The molecule has 5 heteroatoms. The summed E-state index contributed by atoms with van der Waals surface area (Å²) in [6, 6.07) is 10.6. The van der Waals surface area contributed by atoms with Crippen molar-refractivity contribution in [2.45, 2.75) is 25.8 Å². The molecular weight excluding hydrogens is 304 g/mol. The van der Waals surface area contributed by atoms with Gasteiger partial charge in [-0.05, 0) is 43.0 Å². The van der Waals surface area contributed by atoms with Crippen LogP contribution in [0.5, 0.6) is 0 Å². The first-order chi connectivity index (χ1) is 11.7. The molecule has 0 fully saturated rings. The first-order valence-electron chi connectivity index (χ1n) is 8.08. The Hall–Kier alpha value is -2.82. The number of anilines is 1. The third-order valence-corrected chi connectivity index (χ3v) is 4.01. The molecule has 0 bridgehead atoms. The number of hydrogen-bond donors (Lipinski definition) is 2. The van der Waals surface area contributed by atoms with Crippen molar-refractivity contribution in [1.82, 2.24) is 5.32 Å². The smallest absolute Gasteiger partial charge is 0.253 e. The standard InChI is InChI=1S/C19H20N2O3/c22-18(12-14-6-1-2-7-14)21-17-10-4-3-9-16(17)19(23)20-13-15-8-5-11-24-15/h1,3-6,8-11,14H,2,7,12-13H2,(H,20,23)(H,21,22)/t14-/m1/s1. The van der Waals surface area contributed by atoms with Crippen LogP contribution in [0, 0.1) is 5.92 Å². The molecule has 0 saturated heterocycles. The van der Waals surface area contributed by atoms with Crippen molar-refractivity contribution in [1.29, 1.82) is 0 Å². The van der Waals surface area contributed by atoms with Crippen LogP contribution in [0.3, 0.4) is 0 Å². The van der Waals surface area contributed by atoms with Crippen LogP contribution in [-0.4, -0.2) is 11.8 Å². The Bertz CT molecular complexity index is 735. The summed E-state index contributed by atoms with van der Waals surface area (Å²) in [4.78, 5) is 24.6. The Balaban J connectivity index is 1.62. The van der Waals surface area contributed by atoms with E-state index in [2.05, 4.69) is 22.8 Å². The van der Waals surface area contributed by atoms with E-state index in [1.54, 1.807) is 42.7 Å². The maximum atomic E-state index is 12.4. The van der Waals surface area contributed by atoms with Gasteiger partial charge in [-0.1, -0.05) is 24.3 Å². The monoisotopic (exact) mass is 324 g/mol. The van der Waals surface area contributed by atoms with Crippen LogP contribution in [0.25, 0.3) is 0 Å². The average Bonchev–Trinajstić information content (AvgIpc) is 3.26. The lowest BCUT2D eigenvalue weighted by Gasteiger charge is -2.12. The maximum absolute atomic E-state index is 12.4. The fourth-order valence-electron chi connectivity index (χ4n) is 2.77. The number of para-hydroxylation sites is 1. The minimum atomic E-state index is -0.247. The van der Waals surface area contributed by atoms with E-state index in [0.717, 1.165) is 12.8 Å². The molecule has 5 nitrogen and oxygen atoms in total. The Labute approximate surface area is 140 Å². The summed E-state index contributed by atoms with van der Waals surface area (Å²) < 4.78 is 5.20. The van der Waals surface area contributed by atoms with Gasteiger partial charge < -0.3 is 15.1 Å². The summed E-state index contributed by atoms with van der Waals surface area (Å²) in [5.41, 5.74) is 0.973. The topological polar surface area (TPSA) is 71.3 Å². The number of amides is 2. The predicted octanol–water partition coefficient (Wildman–Crippen LogP) is 3.50. The lowest BCUT2D eigenvalue weighted by Crippen LogP contribution is -2.25. The highest BCUT2D eigenvalue weighted by Gasteiger charge is 2.17. The van der Waals surface area contributed by atoms with Gasteiger partial charge in [0.25, 0.3) is 5.91 Å². The van der Waals surface area contributed by atoms with Crippen LogP contribution >= 0.6 is 0 Å². The SMILES string of the molecule is O=C(C[C@@H]1C=CCC1)Nc1ccccc1C(=O)NCc1ccco1. The summed E-state index contributed by atoms with van der Waals surface area (Å²) in [7, 11) is 0. The molecule has 1 aliphatic carbocycles. The van der Waals surface area contributed by atoms with E-state index in [0.29, 0.717) is 35.9 Å². The normalized spacial score (nSPS) is 16.1. The first kappa shape index (κ1) is 16.1. The molecule has 2 N–H and O–H groups in total. The number of furan rings is 1. The second kappa shape index (κ2) is 7.64. The minimum absolute atomic E-state index is 0.0714. The molecule has 124 valence electrons. The molecule has 0 spiro atoms. The third kappa shape index (κ3) is 4.13. The summed E-state index contributed by atoms with van der Waals surface area (Å²) in [5.74, 6) is 0.656. The van der Waals surface area contributed by atoms with Gasteiger partial charge in [-0.15, -0.1) is 0 Å². The number of allylic oxidation sites excluding steroid dienone is 2. The van der Waals surface area contributed by atoms with Crippen molar-refractivity contribution >= 4 is 17.5 Å². The van der Waals surface area contributed by atoms with Gasteiger partial charge in [-0.2, -0.15) is 0 Å². The van der Waals surface area contributed by atoms with Crippen molar-refractivity contribution < 1.29 is 14.0 Å². The highest BCUT2D eigenvalue weighted by molar-refractivity contribution is 6.03. The maximum Gasteiger partial charge on any atom is 0.253 e. The van der Waals surface area contributed by atoms with Gasteiger partial charge in [0.15, 0.2) is 0 Å². The van der Waals surface area contributed by atoms with Crippen molar-refractivity contribution in [3.63, 3.8) is 0 Å². The van der Waals surface area contributed by atoms with Crippen molar-refractivity contribution in [3.8, 4) is 0 Å². The van der Waals surface area contributed by atoms with Crippen LogP contribution in [0.1, 0.15) is 35.4 Å². The average molecular weight is 324 g/mol. The lowest BCUT2D eigenvalue weighted by atomic mass is 10.0. The van der Waals surface area contributed by atoms with Crippen LogP contribution in [0.15, 0.2) is 59.2 Å². The van der Waals surface area contributed by atoms with E-state index < -0.39 is 0 Å². The predicted molar refractivity (Wildman–Crippen MR) is 91.4 cm³/mol. The van der Waals surface area contributed by atoms with Crippen LogP contribution in [-0.2, 0) is 11.3 Å². The number of hydrogen-bond acceptors (Lipinski definition) is 3. The molecule has 3 rings (SSSR count). The molecular formula is C19H20N2O3. The molecule has 24 heavy (non-hydrogen) atoms. The van der Waals surface area contributed by atoms with Crippen LogP contribution < -0.4 is 10.6 Å². The van der Waals surface area contributed by atoms with Crippen LogP contribution in [0.4, 0.5) is 5.69 Å². The fourth-order valence-corrected chi connectivity index (χ4v) is 2.77. The molecule has 2 amide bonds. The van der Waals surface area contributed by atoms with E-state index in [1.165, 1.54) is 0 Å². The van der Waals surface area contributed by atoms with Gasteiger partial charge in [0.2, 0.25) is 5.91 Å². The molecule has 1 aliphatic rings. The molecule has 0 radical (unpaired) electrons. The van der Waals surface area contributed by atoms with Gasteiger partial charge in [0.1, 0.15) is 5.76 Å². The number of nitrogens with one attached hydrogen (secondary N) is 2. The minimum Gasteiger partial charge on any atom is -0.467 e. The fraction of sp³-hybridized carbons (Fsp3) is 0.263. The third-order valence-electron chi connectivity index (χ3n) is 4.01. The van der Waals surface area contributed by atoms with E-state index in [1.807, 2.05) is 0 Å². The van der Waals surface area contributed by atoms with E-state index in [4.69, 9.17) is 4.42 Å². The van der Waals surface area contributed by atoms with Crippen molar-refractivity contribution in [3.05, 3.63) is 66.1 Å². The zero-order chi connectivity index (χ0) is 16.8. The van der Waals surface area contributed by atoms with Gasteiger partial charge in [-0.25, -0.2) is 0 Å². The molecule has 0 unspecified atom stereocenters. The van der Waals surface area contributed by atoms with Crippen LogP contribution in [0.2, 0.25) is 0 Å². The summed E-state index contributed by atoms with van der Waals surface area (Å²) in [6.45, 7) is 0.307. The molecule has 0 saturated carbocycles. The molecule has 1 atom stereocenters. The molecule has 1 heterocycles.